The first-order valence-corrected chi connectivity index (χ1v) is 5.82. The number of aromatic nitrogens is 3. The summed E-state index contributed by atoms with van der Waals surface area (Å²) in [6.45, 7) is 0. The van der Waals surface area contributed by atoms with Gasteiger partial charge in [0.15, 0.2) is 5.69 Å². The zero-order chi connectivity index (χ0) is 15.8. The Hall–Kier alpha value is -2.24. The molecule has 0 bridgehead atoms. The number of aryl methyl sites for hydroxylation is 2. The van der Waals surface area contributed by atoms with E-state index in [2.05, 4.69) is 9.97 Å². The van der Waals surface area contributed by atoms with Crippen molar-refractivity contribution in [2.75, 3.05) is 0 Å². The van der Waals surface area contributed by atoms with Crippen molar-refractivity contribution in [3.8, 4) is 6.07 Å². The molecule has 0 saturated carbocycles. The Balaban J connectivity index is 2.32. The van der Waals surface area contributed by atoms with Gasteiger partial charge >= 0.3 is 12.1 Å². The number of halogens is 5. The number of nitriles is 1. The number of rotatable bonds is 3. The third-order valence-corrected chi connectivity index (χ3v) is 2.95. The number of alkyl halides is 5. The van der Waals surface area contributed by atoms with Gasteiger partial charge < -0.3 is 4.57 Å². The van der Waals surface area contributed by atoms with Gasteiger partial charge in [0.2, 0.25) is 0 Å². The van der Waals surface area contributed by atoms with Gasteiger partial charge in [0.05, 0.1) is 5.39 Å². The molecule has 0 aliphatic rings. The van der Waals surface area contributed by atoms with E-state index in [0.29, 0.717) is 11.0 Å². The minimum atomic E-state index is -5.61. The van der Waals surface area contributed by atoms with Crippen LogP contribution in [0, 0.1) is 11.3 Å². The average Bonchev–Trinajstić information content (AvgIpc) is 2.76. The van der Waals surface area contributed by atoms with Gasteiger partial charge in [0.1, 0.15) is 17.5 Å². The van der Waals surface area contributed by atoms with Gasteiger partial charge in [-0.15, -0.1) is 0 Å². The Morgan fingerprint density at radius 2 is 1.90 bits per heavy atom. The van der Waals surface area contributed by atoms with Crippen LogP contribution in [0.15, 0.2) is 12.3 Å². The fourth-order valence-corrected chi connectivity index (χ4v) is 1.79. The lowest BCUT2D eigenvalue weighted by atomic mass is 10.1. The molecule has 2 aromatic rings. The van der Waals surface area contributed by atoms with E-state index in [1.54, 1.807) is 25.4 Å². The number of hydrogen-bond donors (Lipinski definition) is 0. The monoisotopic (exact) mass is 304 g/mol. The predicted octanol–water partition coefficient (Wildman–Crippen LogP) is 2.97. The summed E-state index contributed by atoms with van der Waals surface area (Å²) in [5.41, 5.74) is 0.262. The number of hydrogen-bond acceptors (Lipinski definition) is 3. The molecule has 0 aliphatic heterocycles. The third-order valence-electron chi connectivity index (χ3n) is 2.95. The minimum Gasteiger partial charge on any atom is -0.335 e. The highest BCUT2D eigenvalue weighted by atomic mass is 19.4. The van der Waals surface area contributed by atoms with E-state index in [-0.39, 0.29) is 11.5 Å². The van der Waals surface area contributed by atoms with Crippen molar-refractivity contribution in [1.29, 1.82) is 5.26 Å². The van der Waals surface area contributed by atoms with Gasteiger partial charge in [0.25, 0.3) is 0 Å². The lowest BCUT2D eigenvalue weighted by Gasteiger charge is -2.18. The highest BCUT2D eigenvalue weighted by Gasteiger charge is 2.56. The van der Waals surface area contributed by atoms with Crippen LogP contribution >= 0.6 is 0 Å². The van der Waals surface area contributed by atoms with Crippen LogP contribution in [-0.2, 0) is 13.5 Å². The van der Waals surface area contributed by atoms with Crippen LogP contribution < -0.4 is 0 Å². The number of nitrogens with zero attached hydrogens (tertiary/aromatic N) is 4. The SMILES string of the molecule is Cn1ccc2c(C#N)nc(CCC(F)(F)C(F)(F)F)nc21. The van der Waals surface area contributed by atoms with Crippen molar-refractivity contribution in [2.24, 2.45) is 7.05 Å². The van der Waals surface area contributed by atoms with Crippen LogP contribution in [0.1, 0.15) is 17.9 Å². The molecule has 9 heteroatoms. The molecule has 0 fully saturated rings. The fraction of sp³-hybridized carbons (Fsp3) is 0.417. The predicted molar refractivity (Wildman–Crippen MR) is 62.5 cm³/mol. The van der Waals surface area contributed by atoms with E-state index in [4.69, 9.17) is 5.26 Å². The first kappa shape index (κ1) is 15.2. The van der Waals surface area contributed by atoms with Crippen molar-refractivity contribution < 1.29 is 22.0 Å². The molecule has 0 spiro atoms. The molecule has 2 aromatic heterocycles. The van der Waals surface area contributed by atoms with Crippen molar-refractivity contribution in [1.82, 2.24) is 14.5 Å². The van der Waals surface area contributed by atoms with E-state index >= 15 is 0 Å². The maximum absolute atomic E-state index is 12.9. The van der Waals surface area contributed by atoms with Crippen LogP contribution in [0.25, 0.3) is 11.0 Å². The summed E-state index contributed by atoms with van der Waals surface area (Å²) < 4.78 is 63.6. The first-order chi connectivity index (χ1) is 9.65. The van der Waals surface area contributed by atoms with Gasteiger partial charge in [-0.3, -0.25) is 0 Å². The molecule has 0 aliphatic carbocycles. The molecular weight excluding hydrogens is 295 g/mol. The van der Waals surface area contributed by atoms with Gasteiger partial charge in [-0.25, -0.2) is 9.97 Å². The van der Waals surface area contributed by atoms with Crippen molar-refractivity contribution in [3.63, 3.8) is 0 Å². The minimum absolute atomic E-state index is 0.0501. The van der Waals surface area contributed by atoms with E-state index in [1.165, 1.54) is 4.57 Å². The summed E-state index contributed by atoms with van der Waals surface area (Å²) in [6.07, 6.45) is -6.16. The summed E-state index contributed by atoms with van der Waals surface area (Å²) in [6, 6.07) is 3.35. The van der Waals surface area contributed by atoms with Gasteiger partial charge in [-0.05, 0) is 6.07 Å². The Labute approximate surface area is 115 Å². The molecule has 0 unspecified atom stereocenters. The molecular formula is C12H9F5N4. The molecule has 0 atom stereocenters. The molecule has 0 radical (unpaired) electrons. The van der Waals surface area contributed by atoms with E-state index in [1.807, 2.05) is 0 Å². The first-order valence-electron chi connectivity index (χ1n) is 5.82. The van der Waals surface area contributed by atoms with Crippen LogP contribution in [0.2, 0.25) is 0 Å². The highest BCUT2D eigenvalue weighted by molar-refractivity contribution is 5.81. The Morgan fingerprint density at radius 3 is 2.48 bits per heavy atom. The lowest BCUT2D eigenvalue weighted by molar-refractivity contribution is -0.284. The second-order valence-corrected chi connectivity index (χ2v) is 4.47. The van der Waals surface area contributed by atoms with Gasteiger partial charge in [0, 0.05) is 26.1 Å². The van der Waals surface area contributed by atoms with Crippen LogP contribution in [0.3, 0.4) is 0 Å². The molecule has 0 N–H and O–H groups in total. The summed E-state index contributed by atoms with van der Waals surface area (Å²) in [4.78, 5) is 7.66. The average molecular weight is 304 g/mol. The summed E-state index contributed by atoms with van der Waals surface area (Å²) in [5.74, 6) is -5.03. The second kappa shape index (κ2) is 4.95. The summed E-state index contributed by atoms with van der Waals surface area (Å²) >= 11 is 0. The maximum Gasteiger partial charge on any atom is 0.453 e. The molecule has 2 heterocycles. The normalized spacial score (nSPS) is 12.6. The van der Waals surface area contributed by atoms with Crippen LogP contribution in [0.5, 0.6) is 0 Å². The summed E-state index contributed by atoms with van der Waals surface area (Å²) in [7, 11) is 1.62. The molecule has 0 amide bonds. The second-order valence-electron chi connectivity index (χ2n) is 4.47. The van der Waals surface area contributed by atoms with Crippen molar-refractivity contribution >= 4 is 11.0 Å². The molecule has 21 heavy (non-hydrogen) atoms. The fourth-order valence-electron chi connectivity index (χ4n) is 1.79. The maximum atomic E-state index is 12.9. The smallest absolute Gasteiger partial charge is 0.335 e. The van der Waals surface area contributed by atoms with Crippen molar-refractivity contribution in [3.05, 3.63) is 23.8 Å². The molecule has 4 nitrogen and oxygen atoms in total. The Kier molecular flexibility index (Phi) is 3.57. The lowest BCUT2D eigenvalue weighted by Crippen LogP contribution is -2.36. The van der Waals surface area contributed by atoms with E-state index < -0.39 is 24.9 Å². The topological polar surface area (TPSA) is 54.5 Å². The zero-order valence-electron chi connectivity index (χ0n) is 10.7. The standard InChI is InChI=1S/C12H9F5N4/c1-21-5-3-7-8(6-18)19-9(20-10(7)21)2-4-11(13,14)12(15,16)17/h3,5H,2,4H2,1H3. The van der Waals surface area contributed by atoms with Gasteiger partial charge in [-0.2, -0.15) is 27.2 Å². The molecule has 112 valence electrons. The molecule has 0 aromatic carbocycles. The molecule has 0 saturated heterocycles. The number of fused-ring (bicyclic) bond motifs is 1. The van der Waals surface area contributed by atoms with Gasteiger partial charge in [-0.1, -0.05) is 0 Å². The van der Waals surface area contributed by atoms with Crippen molar-refractivity contribution in [2.45, 2.75) is 24.9 Å². The zero-order valence-corrected chi connectivity index (χ0v) is 10.7. The summed E-state index contributed by atoms with van der Waals surface area (Å²) in [5, 5.41) is 9.37. The molecule has 2 rings (SSSR count). The third kappa shape index (κ3) is 2.79. The largest absolute Gasteiger partial charge is 0.453 e. The highest BCUT2D eigenvalue weighted by Crippen LogP contribution is 2.38. The Morgan fingerprint density at radius 1 is 1.24 bits per heavy atom. The Bertz CT molecular complexity index is 711. The van der Waals surface area contributed by atoms with E-state index in [0.717, 1.165) is 0 Å². The van der Waals surface area contributed by atoms with E-state index in [9.17, 15) is 22.0 Å². The van der Waals surface area contributed by atoms with Crippen LogP contribution in [0.4, 0.5) is 22.0 Å². The van der Waals surface area contributed by atoms with Crippen LogP contribution in [-0.4, -0.2) is 26.6 Å². The quantitative estimate of drug-likeness (QED) is 0.819.